The molecule has 4 aromatic heterocycles. The van der Waals surface area contributed by atoms with Crippen molar-refractivity contribution in [2.45, 2.75) is 32.1 Å². The van der Waals surface area contributed by atoms with Gasteiger partial charge in [0.25, 0.3) is 5.92 Å². The third kappa shape index (κ3) is 5.04. The number of halogens is 2. The first kappa shape index (κ1) is 25.3. The number of nitrogens with zero attached hydrogens (tertiary/aromatic N) is 6. The molecule has 1 aliphatic heterocycles. The number of aromatic nitrogens is 7. The van der Waals surface area contributed by atoms with Crippen LogP contribution < -0.4 is 5.73 Å². The highest BCUT2D eigenvalue weighted by molar-refractivity contribution is 5.93. The first-order valence-electron chi connectivity index (χ1n) is 13.6. The fraction of sp³-hybridized carbons (Fsp3) is 0.267. The summed E-state index contributed by atoms with van der Waals surface area (Å²) in [7, 11) is 0. The van der Waals surface area contributed by atoms with Gasteiger partial charge in [-0.25, -0.2) is 23.7 Å². The minimum absolute atomic E-state index is 0.108. The van der Waals surface area contributed by atoms with Crippen LogP contribution in [0.1, 0.15) is 30.7 Å². The monoisotopic (exact) mass is 553 g/mol. The SMILES string of the molecule is Cc1cn(-c2cccc3[nH]c(-c4n[nH]c5ccc(C(/C=C(\C=C6CC6)CN6CCC(F)(F)C6)=C/N)nc45)nc23)cn1. The van der Waals surface area contributed by atoms with Crippen molar-refractivity contribution in [2.75, 3.05) is 19.6 Å². The molecule has 0 amide bonds. The minimum atomic E-state index is -2.64. The lowest BCUT2D eigenvalue weighted by atomic mass is 10.1. The van der Waals surface area contributed by atoms with Gasteiger partial charge in [0.05, 0.1) is 41.0 Å². The van der Waals surface area contributed by atoms with Crippen molar-refractivity contribution in [2.24, 2.45) is 5.73 Å². The highest BCUT2D eigenvalue weighted by Crippen LogP contribution is 2.33. The predicted molar refractivity (Wildman–Crippen MR) is 154 cm³/mol. The number of para-hydroxylation sites is 1. The molecule has 0 unspecified atom stereocenters. The molecule has 4 N–H and O–H groups in total. The van der Waals surface area contributed by atoms with Crippen LogP contribution in [-0.4, -0.2) is 65.2 Å². The van der Waals surface area contributed by atoms with E-state index in [9.17, 15) is 8.78 Å². The van der Waals surface area contributed by atoms with E-state index in [0.717, 1.165) is 46.3 Å². The number of imidazole rings is 2. The number of fused-ring (bicyclic) bond motifs is 2. The lowest BCUT2D eigenvalue weighted by Gasteiger charge is -2.16. The van der Waals surface area contributed by atoms with Crippen LogP contribution in [-0.2, 0) is 0 Å². The maximum absolute atomic E-state index is 13.8. The Hall–Kier alpha value is -4.64. The quantitative estimate of drug-likeness (QED) is 0.236. The van der Waals surface area contributed by atoms with Crippen LogP contribution in [0, 0.1) is 6.92 Å². The Kier molecular flexibility index (Phi) is 6.04. The average molecular weight is 554 g/mol. The van der Waals surface area contributed by atoms with Gasteiger partial charge in [0, 0.05) is 37.5 Å². The number of nitrogens with one attached hydrogen (secondary N) is 2. The number of likely N-dealkylation sites (tertiary alicyclic amines) is 1. The number of allylic oxidation sites excluding steroid dienone is 3. The number of benzene rings is 1. The first-order chi connectivity index (χ1) is 19.8. The molecule has 1 aliphatic carbocycles. The second-order valence-electron chi connectivity index (χ2n) is 10.8. The predicted octanol–water partition coefficient (Wildman–Crippen LogP) is 5.28. The van der Waals surface area contributed by atoms with Gasteiger partial charge < -0.3 is 15.3 Å². The van der Waals surface area contributed by atoms with E-state index in [-0.39, 0.29) is 13.0 Å². The Labute approximate surface area is 234 Å². The van der Waals surface area contributed by atoms with Gasteiger partial charge in [-0.1, -0.05) is 17.7 Å². The number of hydrogen-bond acceptors (Lipinski definition) is 6. The highest BCUT2D eigenvalue weighted by Gasteiger charge is 2.38. The Morgan fingerprint density at radius 3 is 2.73 bits per heavy atom. The second kappa shape index (κ2) is 9.77. The average Bonchev–Trinajstić information content (AvgIpc) is 3.28. The molecule has 5 aromatic rings. The third-order valence-corrected chi connectivity index (χ3v) is 7.51. The van der Waals surface area contributed by atoms with E-state index in [0.29, 0.717) is 41.4 Å². The lowest BCUT2D eigenvalue weighted by Crippen LogP contribution is -2.26. The summed E-state index contributed by atoms with van der Waals surface area (Å²) in [5.41, 5.74) is 15.2. The summed E-state index contributed by atoms with van der Waals surface area (Å²) >= 11 is 0. The van der Waals surface area contributed by atoms with Gasteiger partial charge in [0.15, 0.2) is 11.5 Å². The van der Waals surface area contributed by atoms with Crippen molar-refractivity contribution < 1.29 is 8.78 Å². The normalized spacial score (nSPS) is 17.7. The minimum Gasteiger partial charge on any atom is -0.404 e. The number of H-pyrrole nitrogens is 2. The molecule has 0 spiro atoms. The largest absolute Gasteiger partial charge is 0.404 e. The zero-order valence-electron chi connectivity index (χ0n) is 22.5. The van der Waals surface area contributed by atoms with Crippen LogP contribution in [0.3, 0.4) is 0 Å². The molecule has 1 aromatic carbocycles. The molecule has 0 atom stereocenters. The first-order valence-corrected chi connectivity index (χ1v) is 13.6. The molecule has 7 rings (SSSR count). The molecule has 2 aliphatic rings. The van der Waals surface area contributed by atoms with Crippen molar-refractivity contribution in [1.82, 2.24) is 39.6 Å². The van der Waals surface area contributed by atoms with Crippen LogP contribution in [0.2, 0.25) is 0 Å². The Morgan fingerprint density at radius 2 is 2.00 bits per heavy atom. The van der Waals surface area contributed by atoms with Gasteiger partial charge in [-0.05, 0) is 55.7 Å². The second-order valence-corrected chi connectivity index (χ2v) is 10.8. The van der Waals surface area contributed by atoms with Crippen LogP contribution in [0.4, 0.5) is 8.78 Å². The van der Waals surface area contributed by atoms with Crippen molar-refractivity contribution >= 4 is 27.6 Å². The maximum Gasteiger partial charge on any atom is 0.261 e. The molecule has 208 valence electrons. The van der Waals surface area contributed by atoms with E-state index in [1.807, 2.05) is 54.1 Å². The van der Waals surface area contributed by atoms with Crippen molar-refractivity contribution in [1.29, 1.82) is 0 Å². The molecule has 1 saturated heterocycles. The highest BCUT2D eigenvalue weighted by atomic mass is 19.3. The van der Waals surface area contributed by atoms with Gasteiger partial charge in [-0.15, -0.1) is 0 Å². The molecule has 0 radical (unpaired) electrons. The molecule has 1 saturated carbocycles. The number of aryl methyl sites for hydroxylation is 1. The van der Waals surface area contributed by atoms with E-state index in [1.165, 1.54) is 11.8 Å². The molecule has 11 heteroatoms. The number of rotatable bonds is 7. The Bertz CT molecular complexity index is 1860. The zero-order valence-corrected chi connectivity index (χ0v) is 22.5. The van der Waals surface area contributed by atoms with E-state index in [4.69, 9.17) is 15.7 Å². The number of nitrogens with two attached hydrogens (primary N) is 1. The van der Waals surface area contributed by atoms with Crippen molar-refractivity contribution in [3.05, 3.63) is 83.7 Å². The summed E-state index contributed by atoms with van der Waals surface area (Å²) in [5, 5.41) is 7.59. The van der Waals surface area contributed by atoms with Gasteiger partial charge >= 0.3 is 0 Å². The fourth-order valence-electron chi connectivity index (χ4n) is 5.33. The van der Waals surface area contributed by atoms with Crippen LogP contribution in [0.25, 0.3) is 44.8 Å². The molecule has 41 heavy (non-hydrogen) atoms. The van der Waals surface area contributed by atoms with Crippen molar-refractivity contribution in [3.8, 4) is 17.2 Å². The molecule has 9 nitrogen and oxygen atoms in total. The summed E-state index contributed by atoms with van der Waals surface area (Å²) in [6.07, 6.45) is 11.3. The standard InChI is InChI=1S/C30H29F2N9/c1-18-14-41(17-34-18)25-4-2-3-23-26(25)37-29(36-23)28-27-24(38-39-28)8-7-22(35-27)21(13-33)12-20(11-19-5-6-19)15-40-10-9-30(31,32)16-40/h2-4,7-8,11-14,17H,5-6,9-10,15-16,33H2,1H3,(H,36,37)(H,38,39)/b20-12+,21-13+. The topological polar surface area (TPSA) is 117 Å². The number of hydrogen-bond donors (Lipinski definition) is 3. The van der Waals surface area contributed by atoms with Gasteiger partial charge in [0.1, 0.15) is 11.0 Å². The summed E-state index contributed by atoms with van der Waals surface area (Å²) in [4.78, 5) is 19.3. The number of aromatic amines is 2. The van der Waals surface area contributed by atoms with E-state index in [2.05, 4.69) is 26.2 Å². The smallest absolute Gasteiger partial charge is 0.261 e. The molecular weight excluding hydrogens is 524 g/mol. The van der Waals surface area contributed by atoms with E-state index >= 15 is 0 Å². The summed E-state index contributed by atoms with van der Waals surface area (Å²) in [6.45, 7) is 2.53. The van der Waals surface area contributed by atoms with Gasteiger partial charge in [0.2, 0.25) is 0 Å². The molecule has 5 heterocycles. The van der Waals surface area contributed by atoms with Gasteiger partial charge in [-0.3, -0.25) is 10.00 Å². The summed E-state index contributed by atoms with van der Waals surface area (Å²) in [5.74, 6) is -2.05. The molecule has 2 fully saturated rings. The van der Waals surface area contributed by atoms with Gasteiger partial charge in [-0.2, -0.15) is 5.10 Å². The van der Waals surface area contributed by atoms with Crippen LogP contribution in [0.15, 0.2) is 72.4 Å². The molecule has 0 bridgehead atoms. The molecular formula is C30H29F2N9. The third-order valence-electron chi connectivity index (χ3n) is 7.51. The summed E-state index contributed by atoms with van der Waals surface area (Å²) < 4.78 is 29.6. The van der Waals surface area contributed by atoms with Crippen LogP contribution in [0.5, 0.6) is 0 Å². The number of alkyl halides is 2. The lowest BCUT2D eigenvalue weighted by molar-refractivity contribution is 0.0131. The Morgan fingerprint density at radius 1 is 1.12 bits per heavy atom. The van der Waals surface area contributed by atoms with E-state index < -0.39 is 5.92 Å². The number of pyridine rings is 1. The van der Waals surface area contributed by atoms with Crippen LogP contribution >= 0.6 is 0 Å². The fourth-order valence-corrected chi connectivity index (χ4v) is 5.33. The summed E-state index contributed by atoms with van der Waals surface area (Å²) in [6, 6.07) is 9.72. The maximum atomic E-state index is 13.8. The van der Waals surface area contributed by atoms with Crippen molar-refractivity contribution in [3.63, 3.8) is 0 Å². The zero-order chi connectivity index (χ0) is 28.1. The Balaban J connectivity index is 1.24. The van der Waals surface area contributed by atoms with E-state index in [1.54, 1.807) is 11.2 Å².